The second-order valence-corrected chi connectivity index (χ2v) is 16.1. The van der Waals surface area contributed by atoms with Crippen molar-refractivity contribution in [1.29, 1.82) is 0 Å². The number of nitrogens with zero attached hydrogens (tertiary/aromatic N) is 6. The van der Waals surface area contributed by atoms with Crippen molar-refractivity contribution in [3.05, 3.63) is 36.7 Å². The summed E-state index contributed by atoms with van der Waals surface area (Å²) in [5, 5.41) is 3.62. The number of nitrogens with one attached hydrogen (secondary N) is 1. The third kappa shape index (κ3) is 5.90. The summed E-state index contributed by atoms with van der Waals surface area (Å²) in [5.74, 6) is -0.0490. The fourth-order valence-corrected chi connectivity index (χ4v) is 9.06. The zero-order chi connectivity index (χ0) is 34.2. The normalized spacial score (nSPS) is 36.8. The molecule has 8 heterocycles. The van der Waals surface area contributed by atoms with Crippen LogP contribution >= 0.6 is 14.2 Å². The van der Waals surface area contributed by atoms with Crippen molar-refractivity contribution in [3.8, 4) is 0 Å². The van der Waals surface area contributed by atoms with Crippen LogP contribution in [0, 0.1) is 0 Å². The first-order valence-electron chi connectivity index (χ1n) is 15.0. The third-order valence-electron chi connectivity index (χ3n) is 8.79. The number of fused-ring (bicyclic) bond motifs is 3. The van der Waals surface area contributed by atoms with Crippen LogP contribution < -0.4 is 11.1 Å². The molecule has 0 saturated carbocycles. The number of ether oxygens (including phenoxy) is 3. The molecule has 4 aromatic heterocycles. The molecule has 3 saturated heterocycles. The summed E-state index contributed by atoms with van der Waals surface area (Å²) in [6, 6.07) is 1.70. The Morgan fingerprint density at radius 2 is 1.86 bits per heavy atom. The van der Waals surface area contributed by atoms with Gasteiger partial charge in [0.2, 0.25) is 13.5 Å². The van der Waals surface area contributed by atoms with Gasteiger partial charge in [-0.25, -0.2) is 24.3 Å². The minimum atomic E-state index is -4.44. The van der Waals surface area contributed by atoms with E-state index in [1.165, 1.54) is 24.3 Å². The number of hydrogen-bond donors (Lipinski definition) is 3. The van der Waals surface area contributed by atoms with Crippen molar-refractivity contribution in [3.63, 3.8) is 0 Å². The quantitative estimate of drug-likeness (QED) is 0.202. The average Bonchev–Trinajstić information content (AvgIpc) is 3.78. The highest BCUT2D eigenvalue weighted by Crippen LogP contribution is 2.54. The van der Waals surface area contributed by atoms with E-state index in [1.807, 2.05) is 0 Å². The SMILES string of the molecule is [B]P1(=O)OC[C@H]2O[C@@H](n3cnc4c(N)ncnc43)C(F)[C@H]2OP(O)(=S)OC[C@H]2O[C@@H](n3cc4c5c(ccnc53)NC(=O)CC4)[C@@H](OC)C2O1. The van der Waals surface area contributed by atoms with E-state index in [0.717, 1.165) is 10.9 Å². The van der Waals surface area contributed by atoms with Crippen LogP contribution in [0.15, 0.2) is 31.1 Å². The van der Waals surface area contributed by atoms with E-state index in [9.17, 15) is 14.3 Å². The number of imidazole rings is 1. The Bertz CT molecular complexity index is 2060. The first-order chi connectivity index (χ1) is 23.4. The number of aromatic nitrogens is 6. The molecule has 0 bridgehead atoms. The lowest BCUT2D eigenvalue weighted by atomic mass is 10.1. The maximum Gasteiger partial charge on any atom is 0.325 e. The number of halogens is 1. The van der Waals surface area contributed by atoms with E-state index in [1.54, 1.807) is 23.0 Å². The Morgan fingerprint density at radius 3 is 2.67 bits per heavy atom. The molecule has 1 amide bonds. The second kappa shape index (κ2) is 12.4. The van der Waals surface area contributed by atoms with E-state index in [-0.39, 0.29) is 29.3 Å². The van der Waals surface area contributed by atoms with Crippen molar-refractivity contribution >= 4 is 73.2 Å². The van der Waals surface area contributed by atoms with Crippen LogP contribution in [-0.4, -0.2) is 104 Å². The number of carbonyl (C=O) groups is 1. The number of aryl methyl sites for hydroxylation is 1. The molecule has 4 aromatic rings. The highest BCUT2D eigenvalue weighted by molar-refractivity contribution is 8.07. The van der Waals surface area contributed by atoms with Gasteiger partial charge in [-0.15, -0.1) is 0 Å². The van der Waals surface area contributed by atoms with Gasteiger partial charge in [0.05, 0.1) is 25.2 Å². The molecule has 2 radical (unpaired) electrons. The van der Waals surface area contributed by atoms with Crippen molar-refractivity contribution in [2.24, 2.45) is 0 Å². The molecular formula is C26H28BFN8O10P2S. The molecule has 49 heavy (non-hydrogen) atoms. The summed E-state index contributed by atoms with van der Waals surface area (Å²) < 4.78 is 73.6. The van der Waals surface area contributed by atoms with Gasteiger partial charge in [0.1, 0.15) is 48.0 Å². The van der Waals surface area contributed by atoms with Crippen LogP contribution in [0.5, 0.6) is 0 Å². The molecule has 0 aliphatic carbocycles. The number of methoxy groups -OCH3 is 1. The molecule has 10 atom stereocenters. The van der Waals surface area contributed by atoms with Gasteiger partial charge in [0.15, 0.2) is 30.1 Å². The fraction of sp³-hybridized carbons (Fsp3) is 0.500. The molecule has 258 valence electrons. The fourth-order valence-electron chi connectivity index (χ4n) is 6.61. The Balaban J connectivity index is 1.09. The van der Waals surface area contributed by atoms with Crippen LogP contribution in [0.2, 0.25) is 0 Å². The standard InChI is InChI=1S/C26H28BFN8O10P2S/c1-40-21-20-14(44-26(21)35-6-11-2-3-15(37)34-12-4-5-30-23(35)16(11)12)8-42-48(39,49)46-19-13(7-41-47(27,38)45-20)43-25(17(19)28)36-10-33-18-22(29)31-9-32-24(18)36/h4-6,9-10,13-14,17,19-21,25-26H,2-3,7-8H2,1H3,(H,34,37)(H,39,49)(H2,29,31,32)/t13-,14-,17?,19+,20?,21+,25-,26-,47?,48?/m1/s1. The van der Waals surface area contributed by atoms with E-state index in [0.29, 0.717) is 17.8 Å². The Labute approximate surface area is 282 Å². The first-order valence-corrected chi connectivity index (χ1v) is 19.2. The van der Waals surface area contributed by atoms with Gasteiger partial charge < -0.3 is 48.3 Å². The molecule has 4 N–H and O–H groups in total. The predicted octanol–water partition coefficient (Wildman–Crippen LogP) is 1.80. The molecule has 3 fully saturated rings. The van der Waals surface area contributed by atoms with Gasteiger partial charge in [-0.3, -0.25) is 18.5 Å². The van der Waals surface area contributed by atoms with Gasteiger partial charge in [0, 0.05) is 31.3 Å². The molecular weight excluding hydrogens is 708 g/mol. The van der Waals surface area contributed by atoms with Gasteiger partial charge in [-0.1, -0.05) is 0 Å². The van der Waals surface area contributed by atoms with Crippen molar-refractivity contribution in [2.45, 2.75) is 62.0 Å². The molecule has 0 spiro atoms. The number of hydrogen-bond acceptors (Lipinski definition) is 15. The summed E-state index contributed by atoms with van der Waals surface area (Å²) in [6.07, 6.45) is -3.97. The minimum absolute atomic E-state index is 0.0714. The lowest BCUT2D eigenvalue weighted by Gasteiger charge is -2.30. The Hall–Kier alpha value is -2.94. The summed E-state index contributed by atoms with van der Waals surface area (Å²) in [6.45, 7) is -5.27. The maximum atomic E-state index is 16.1. The number of alkyl halides is 1. The Kier molecular flexibility index (Phi) is 8.40. The van der Waals surface area contributed by atoms with Gasteiger partial charge >= 0.3 is 6.72 Å². The lowest BCUT2D eigenvalue weighted by molar-refractivity contribution is -0.116. The highest BCUT2D eigenvalue weighted by Gasteiger charge is 2.53. The van der Waals surface area contributed by atoms with Crippen LogP contribution in [0.25, 0.3) is 22.2 Å². The van der Waals surface area contributed by atoms with Gasteiger partial charge in [0.25, 0.3) is 7.47 Å². The van der Waals surface area contributed by atoms with Gasteiger partial charge in [-0.2, -0.15) is 0 Å². The number of pyridine rings is 1. The van der Waals surface area contributed by atoms with Gasteiger partial charge in [-0.05, 0) is 29.9 Å². The zero-order valence-electron chi connectivity index (χ0n) is 25.5. The predicted molar refractivity (Wildman–Crippen MR) is 171 cm³/mol. The molecule has 8 rings (SSSR count). The summed E-state index contributed by atoms with van der Waals surface area (Å²) in [4.78, 5) is 40.1. The number of amides is 1. The van der Waals surface area contributed by atoms with E-state index < -0.39 is 76.6 Å². The van der Waals surface area contributed by atoms with E-state index in [4.69, 9.17) is 57.4 Å². The summed E-state index contributed by atoms with van der Waals surface area (Å²) in [5.41, 5.74) is 8.19. The summed E-state index contributed by atoms with van der Waals surface area (Å²) in [7, 11) is 3.04. The third-order valence-corrected chi connectivity index (χ3v) is 11.4. The minimum Gasteiger partial charge on any atom is -0.382 e. The number of carbonyl (C=O) groups excluding carboxylic acids is 1. The molecule has 0 aromatic carbocycles. The molecule has 18 nitrogen and oxygen atoms in total. The molecule has 23 heteroatoms. The molecule has 4 aliphatic rings. The van der Waals surface area contributed by atoms with Crippen molar-refractivity contribution in [2.75, 3.05) is 31.4 Å². The number of nitrogens with two attached hydrogens (primary N) is 1. The largest absolute Gasteiger partial charge is 0.382 e. The monoisotopic (exact) mass is 736 g/mol. The number of rotatable bonds is 3. The van der Waals surface area contributed by atoms with Crippen molar-refractivity contribution < 1.29 is 50.9 Å². The lowest BCUT2D eigenvalue weighted by Crippen LogP contribution is -2.39. The Morgan fingerprint density at radius 1 is 1.08 bits per heavy atom. The molecule has 4 aliphatic heterocycles. The van der Waals surface area contributed by atoms with E-state index in [2.05, 4.69) is 25.3 Å². The maximum absolute atomic E-state index is 16.1. The first kappa shape index (κ1) is 33.2. The molecule has 4 unspecified atom stereocenters. The topological polar surface area (TPSA) is 218 Å². The van der Waals surface area contributed by atoms with Crippen LogP contribution in [0.3, 0.4) is 0 Å². The number of nitrogen functional groups attached to an aromatic ring is 1. The second-order valence-electron chi connectivity index (χ2n) is 11.8. The average molecular weight is 736 g/mol. The van der Waals surface area contributed by atoms with Crippen molar-refractivity contribution in [1.82, 2.24) is 29.1 Å². The zero-order valence-corrected chi connectivity index (χ0v) is 28.1. The van der Waals surface area contributed by atoms with Crippen LogP contribution in [0.1, 0.15) is 24.4 Å². The number of anilines is 2. The summed E-state index contributed by atoms with van der Waals surface area (Å²) >= 11 is 5.29. The highest BCUT2D eigenvalue weighted by atomic mass is 32.5. The van der Waals surface area contributed by atoms with Crippen LogP contribution in [0.4, 0.5) is 15.9 Å². The smallest absolute Gasteiger partial charge is 0.325 e. The van der Waals surface area contributed by atoms with Crippen LogP contribution in [-0.2, 0) is 59.9 Å². The van der Waals surface area contributed by atoms with E-state index >= 15 is 4.39 Å².